The standard InChI is InChI=1S/C22H35OP/c1-14(2)17-12-19(15(3)4)21(20(13-17)16(5)6)22(23)24-18-10-8-7-9-11-18/h12-16,18,23H,7-11H2,1-6H3/p-1. The summed E-state index contributed by atoms with van der Waals surface area (Å²) in [7, 11) is 1.04. The Bertz CT molecular complexity index is 549. The molecule has 1 fully saturated rings. The molecule has 0 aromatic heterocycles. The molecular weight excluding hydrogens is 311 g/mol. The largest absolute Gasteiger partial charge is 0.824 e. The van der Waals surface area contributed by atoms with Crippen LogP contribution in [0.5, 0.6) is 0 Å². The Balaban J connectivity index is 2.54. The molecule has 2 heteroatoms. The summed E-state index contributed by atoms with van der Waals surface area (Å²) in [5.74, 6) is 1.28. The Labute approximate surface area is 150 Å². The van der Waals surface area contributed by atoms with E-state index in [4.69, 9.17) is 0 Å². The summed E-state index contributed by atoms with van der Waals surface area (Å²) in [5.41, 5.74) is 5.88. The lowest BCUT2D eigenvalue weighted by Crippen LogP contribution is -2.23. The fourth-order valence-electron chi connectivity index (χ4n) is 3.64. The molecule has 0 aliphatic heterocycles. The van der Waals surface area contributed by atoms with E-state index < -0.39 is 0 Å². The molecule has 0 N–H and O–H groups in total. The van der Waals surface area contributed by atoms with Gasteiger partial charge in [-0.15, -0.1) is 13.7 Å². The summed E-state index contributed by atoms with van der Waals surface area (Å²) < 4.78 is 0. The van der Waals surface area contributed by atoms with Gasteiger partial charge in [-0.25, -0.2) is 0 Å². The Morgan fingerprint density at radius 3 is 1.79 bits per heavy atom. The molecule has 1 saturated carbocycles. The Morgan fingerprint density at radius 2 is 1.38 bits per heavy atom. The fraction of sp³-hybridized carbons (Fsp3) is 0.682. The van der Waals surface area contributed by atoms with Gasteiger partial charge in [0.2, 0.25) is 0 Å². The van der Waals surface area contributed by atoms with E-state index in [-0.39, 0.29) is 0 Å². The first kappa shape index (κ1) is 19.7. The molecule has 1 aliphatic carbocycles. The molecule has 0 radical (unpaired) electrons. The molecule has 0 heterocycles. The van der Waals surface area contributed by atoms with E-state index in [1.165, 1.54) is 48.8 Å². The first-order valence-corrected chi connectivity index (χ1v) is 10.7. The monoisotopic (exact) mass is 345 g/mol. The molecule has 0 spiro atoms. The van der Waals surface area contributed by atoms with Gasteiger partial charge in [0.25, 0.3) is 0 Å². The van der Waals surface area contributed by atoms with E-state index in [1.807, 2.05) is 0 Å². The van der Waals surface area contributed by atoms with Crippen molar-refractivity contribution in [2.75, 3.05) is 0 Å². The number of benzene rings is 1. The summed E-state index contributed by atoms with van der Waals surface area (Å²) in [6, 6.07) is 4.59. The van der Waals surface area contributed by atoms with Gasteiger partial charge >= 0.3 is 0 Å². The minimum absolute atomic E-state index is 0.365. The Morgan fingerprint density at radius 1 is 0.875 bits per heavy atom. The van der Waals surface area contributed by atoms with Crippen LogP contribution in [0.1, 0.15) is 114 Å². The van der Waals surface area contributed by atoms with Crippen molar-refractivity contribution in [3.05, 3.63) is 34.4 Å². The third-order valence-electron chi connectivity index (χ3n) is 5.22. The van der Waals surface area contributed by atoms with Crippen molar-refractivity contribution in [3.63, 3.8) is 0 Å². The van der Waals surface area contributed by atoms with Crippen molar-refractivity contribution in [1.29, 1.82) is 0 Å². The third-order valence-corrected chi connectivity index (χ3v) is 6.56. The van der Waals surface area contributed by atoms with E-state index in [1.54, 1.807) is 0 Å². The number of hydrogen-bond donors (Lipinski definition) is 0. The average molecular weight is 345 g/mol. The highest BCUT2D eigenvalue weighted by Crippen LogP contribution is 2.35. The van der Waals surface area contributed by atoms with Crippen molar-refractivity contribution in [2.45, 2.75) is 97.1 Å². The van der Waals surface area contributed by atoms with Gasteiger partial charge in [0.15, 0.2) is 0 Å². The van der Waals surface area contributed by atoms with Gasteiger partial charge in [-0.2, -0.15) is 0 Å². The van der Waals surface area contributed by atoms with Crippen LogP contribution in [0.25, 0.3) is 0 Å². The molecule has 0 amide bonds. The van der Waals surface area contributed by atoms with Crippen LogP contribution in [0.15, 0.2) is 12.1 Å². The van der Waals surface area contributed by atoms with E-state index in [9.17, 15) is 5.11 Å². The zero-order valence-corrected chi connectivity index (χ0v) is 17.2. The highest BCUT2D eigenvalue weighted by molar-refractivity contribution is 7.41. The lowest BCUT2D eigenvalue weighted by Gasteiger charge is -2.29. The van der Waals surface area contributed by atoms with Gasteiger partial charge in [0.05, 0.1) is 0 Å². The predicted octanol–water partition coefficient (Wildman–Crippen LogP) is 6.17. The van der Waals surface area contributed by atoms with E-state index in [0.29, 0.717) is 28.9 Å². The van der Waals surface area contributed by atoms with Crippen molar-refractivity contribution < 1.29 is 5.11 Å². The Hall–Kier alpha value is -0.650. The smallest absolute Gasteiger partial charge is 0.0000723 e. The minimum Gasteiger partial charge on any atom is -0.824 e. The highest BCUT2D eigenvalue weighted by atomic mass is 31.1. The molecule has 0 saturated heterocycles. The molecule has 2 rings (SSSR count). The first-order chi connectivity index (χ1) is 11.3. The number of hydrogen-bond acceptors (Lipinski definition) is 1. The van der Waals surface area contributed by atoms with E-state index >= 15 is 0 Å². The molecule has 1 aromatic rings. The lowest BCUT2D eigenvalue weighted by atomic mass is 9.85. The first-order valence-electron chi connectivity index (χ1n) is 9.74. The maximum Gasteiger partial charge on any atom is -0.0000723 e. The van der Waals surface area contributed by atoms with Crippen LogP contribution in [0.2, 0.25) is 0 Å². The van der Waals surface area contributed by atoms with Crippen molar-refractivity contribution in [3.8, 4) is 0 Å². The molecule has 1 aliphatic rings. The van der Waals surface area contributed by atoms with Crippen LogP contribution in [0, 0.1) is 0 Å². The van der Waals surface area contributed by atoms with Gasteiger partial charge in [-0.1, -0.05) is 72.9 Å². The average Bonchev–Trinajstić information content (AvgIpc) is 2.54. The van der Waals surface area contributed by atoms with Crippen LogP contribution in [-0.2, 0) is 0 Å². The minimum atomic E-state index is 0.365. The summed E-state index contributed by atoms with van der Waals surface area (Å²) in [4.78, 5) is 0. The fourth-order valence-corrected chi connectivity index (χ4v) is 4.99. The summed E-state index contributed by atoms with van der Waals surface area (Å²) in [5, 5.41) is 13.2. The van der Waals surface area contributed by atoms with Gasteiger partial charge in [-0.3, -0.25) is 0 Å². The maximum absolute atomic E-state index is 13.2. The molecule has 0 bridgehead atoms. The quantitative estimate of drug-likeness (QED) is 0.585. The molecule has 1 nitrogen and oxygen atoms in total. The van der Waals surface area contributed by atoms with Crippen LogP contribution < -0.4 is 5.11 Å². The van der Waals surface area contributed by atoms with E-state index in [0.717, 1.165) is 13.8 Å². The van der Waals surface area contributed by atoms with Crippen LogP contribution in [0.4, 0.5) is 0 Å². The lowest BCUT2D eigenvalue weighted by molar-refractivity contribution is -0.207. The third kappa shape index (κ3) is 4.70. The molecular formula is C22H34OP-. The normalized spacial score (nSPS) is 17.3. The molecule has 24 heavy (non-hydrogen) atoms. The van der Waals surface area contributed by atoms with Gasteiger partial charge in [-0.05, 0) is 58.5 Å². The van der Waals surface area contributed by atoms with Gasteiger partial charge < -0.3 is 5.11 Å². The second-order valence-electron chi connectivity index (χ2n) is 8.26. The molecule has 134 valence electrons. The number of rotatable bonds is 5. The summed E-state index contributed by atoms with van der Waals surface area (Å²) in [6.07, 6.45) is 6.39. The molecule has 0 atom stereocenters. The summed E-state index contributed by atoms with van der Waals surface area (Å²) in [6.45, 7) is 13.4. The zero-order valence-electron chi connectivity index (χ0n) is 16.4. The topological polar surface area (TPSA) is 23.1 Å². The molecule has 0 unspecified atom stereocenters. The van der Waals surface area contributed by atoms with Gasteiger partial charge in [0.1, 0.15) is 0 Å². The van der Waals surface area contributed by atoms with Crippen molar-refractivity contribution in [2.24, 2.45) is 0 Å². The predicted molar refractivity (Wildman–Crippen MR) is 107 cm³/mol. The van der Waals surface area contributed by atoms with Crippen molar-refractivity contribution >= 4 is 13.7 Å². The van der Waals surface area contributed by atoms with Crippen LogP contribution in [-0.4, -0.2) is 11.1 Å². The zero-order chi connectivity index (χ0) is 17.9. The second-order valence-corrected chi connectivity index (χ2v) is 9.66. The second kappa shape index (κ2) is 8.63. The highest BCUT2D eigenvalue weighted by Gasteiger charge is 2.18. The van der Waals surface area contributed by atoms with Gasteiger partial charge in [0, 0.05) is 0 Å². The van der Waals surface area contributed by atoms with Crippen LogP contribution >= 0.6 is 8.20 Å². The van der Waals surface area contributed by atoms with Crippen LogP contribution in [0.3, 0.4) is 0 Å². The SMILES string of the molecule is CC(C)c1cc(C(C)C)c(C([O-])=PC2CCCCC2)c(C(C)C)c1. The maximum atomic E-state index is 13.2. The van der Waals surface area contributed by atoms with Crippen molar-refractivity contribution in [1.82, 2.24) is 0 Å². The molecule has 1 aromatic carbocycles. The Kier molecular flexibility index (Phi) is 7.08. The van der Waals surface area contributed by atoms with E-state index in [2.05, 4.69) is 53.7 Å². The summed E-state index contributed by atoms with van der Waals surface area (Å²) >= 11 is 0.